The summed E-state index contributed by atoms with van der Waals surface area (Å²) in [6.45, 7) is 16.3. The highest BCUT2D eigenvalue weighted by Crippen LogP contribution is 2.43. The molecule has 0 aromatic heterocycles. The normalized spacial score (nSPS) is 24.6. The van der Waals surface area contributed by atoms with Crippen molar-refractivity contribution in [2.45, 2.75) is 92.1 Å². The van der Waals surface area contributed by atoms with E-state index < -0.39 is 0 Å². The molecule has 2 aliphatic rings. The van der Waals surface area contributed by atoms with E-state index in [1.807, 2.05) is 13.8 Å². The third kappa shape index (κ3) is 9.13. The molecule has 0 saturated carbocycles. The van der Waals surface area contributed by atoms with Crippen LogP contribution in [0.25, 0.3) is 0 Å². The third-order valence-electron chi connectivity index (χ3n) is 6.13. The molecule has 0 radical (unpaired) electrons. The molecule has 2 unspecified atom stereocenters. The Labute approximate surface area is 189 Å². The summed E-state index contributed by atoms with van der Waals surface area (Å²) in [6, 6.07) is 0.270. The van der Waals surface area contributed by atoms with Gasteiger partial charge in [0.25, 0.3) is 0 Å². The number of carbonyl (C=O) groups is 1. The predicted octanol–water partition coefficient (Wildman–Crippen LogP) is 3.77. The van der Waals surface area contributed by atoms with Gasteiger partial charge in [0.15, 0.2) is 0 Å². The molecule has 3 atom stereocenters. The van der Waals surface area contributed by atoms with E-state index >= 15 is 0 Å². The zero-order valence-corrected chi connectivity index (χ0v) is 19.9. The number of allylic oxidation sites excluding steroid dienone is 2. The van der Waals surface area contributed by atoms with Crippen LogP contribution < -0.4 is 10.6 Å². The molecule has 180 valence electrons. The largest absolute Gasteiger partial charge is 0.412 e. The van der Waals surface area contributed by atoms with Crippen LogP contribution in [-0.4, -0.2) is 59.0 Å². The maximum absolute atomic E-state index is 12.2. The molecule has 6 N–H and O–H groups in total. The van der Waals surface area contributed by atoms with Gasteiger partial charge in [0.1, 0.15) is 0 Å². The average Bonchev–Trinajstić information content (AvgIpc) is 2.54. The molecule has 7 heteroatoms. The monoisotopic (exact) mass is 449 g/mol. The molecule has 0 spiro atoms. The van der Waals surface area contributed by atoms with Crippen molar-refractivity contribution in [2.75, 3.05) is 19.6 Å². The molecule has 6 nitrogen and oxygen atoms in total. The van der Waals surface area contributed by atoms with E-state index in [1.54, 1.807) is 5.57 Å². The summed E-state index contributed by atoms with van der Waals surface area (Å²) in [5.74, 6) is 1.07. The summed E-state index contributed by atoms with van der Waals surface area (Å²) >= 11 is 6.28. The lowest BCUT2D eigenvalue weighted by Crippen LogP contribution is -2.54. The first-order valence-electron chi connectivity index (χ1n) is 10.7. The Hall–Kier alpha value is -0.820. The Morgan fingerprint density at radius 3 is 2.30 bits per heavy atom. The predicted molar refractivity (Wildman–Crippen MR) is 129 cm³/mol. The average molecular weight is 450 g/mol. The summed E-state index contributed by atoms with van der Waals surface area (Å²) in [5, 5.41) is 6.46. The number of nitrogens with one attached hydrogen (secondary N) is 2. The molecular weight excluding hydrogens is 402 g/mol. The Balaban J connectivity index is 0. The topological polar surface area (TPSA) is 107 Å². The van der Waals surface area contributed by atoms with Gasteiger partial charge >= 0.3 is 6.03 Å². The lowest BCUT2D eigenvalue weighted by molar-refractivity contribution is 0.0608. The van der Waals surface area contributed by atoms with E-state index in [2.05, 4.69) is 49.3 Å². The van der Waals surface area contributed by atoms with Gasteiger partial charge in [0, 0.05) is 30.6 Å². The van der Waals surface area contributed by atoms with Crippen molar-refractivity contribution in [3.05, 3.63) is 11.6 Å². The Morgan fingerprint density at radius 2 is 1.83 bits per heavy atom. The highest BCUT2D eigenvalue weighted by molar-refractivity contribution is 6.20. The smallest absolute Gasteiger partial charge is 0.315 e. The van der Waals surface area contributed by atoms with Crippen molar-refractivity contribution < 1.29 is 15.7 Å². The van der Waals surface area contributed by atoms with Crippen molar-refractivity contribution in [1.82, 2.24) is 15.5 Å². The van der Waals surface area contributed by atoms with Crippen LogP contribution in [-0.2, 0) is 0 Å². The molecule has 1 saturated heterocycles. The van der Waals surface area contributed by atoms with Gasteiger partial charge < -0.3 is 26.5 Å². The number of amides is 2. The van der Waals surface area contributed by atoms with Crippen LogP contribution >= 0.6 is 11.6 Å². The van der Waals surface area contributed by atoms with Gasteiger partial charge in [0.2, 0.25) is 0 Å². The molecule has 1 aliphatic heterocycles. The first-order chi connectivity index (χ1) is 12.6. The fourth-order valence-corrected chi connectivity index (χ4v) is 4.82. The second-order valence-corrected chi connectivity index (χ2v) is 10.5. The summed E-state index contributed by atoms with van der Waals surface area (Å²) in [7, 11) is 0. The van der Waals surface area contributed by atoms with E-state index in [1.165, 1.54) is 6.42 Å². The molecule has 0 aromatic carbocycles. The second-order valence-electron chi connectivity index (χ2n) is 9.84. The van der Waals surface area contributed by atoms with E-state index in [9.17, 15) is 4.79 Å². The Morgan fingerprint density at radius 1 is 1.20 bits per heavy atom. The van der Waals surface area contributed by atoms with Gasteiger partial charge in [-0.1, -0.05) is 46.8 Å². The van der Waals surface area contributed by atoms with Crippen molar-refractivity contribution in [3.8, 4) is 0 Å². The lowest BCUT2D eigenvalue weighted by atomic mass is 9.68. The number of nitrogens with zero attached hydrogens (tertiary/aromatic N) is 1. The van der Waals surface area contributed by atoms with Crippen LogP contribution in [0.3, 0.4) is 0 Å². The van der Waals surface area contributed by atoms with E-state index in [4.69, 9.17) is 11.6 Å². The fraction of sp³-hybridized carbons (Fsp3) is 0.870. The van der Waals surface area contributed by atoms with Crippen LogP contribution in [0.4, 0.5) is 4.79 Å². The molecule has 1 fully saturated rings. The fourth-order valence-electron chi connectivity index (χ4n) is 4.62. The number of carbonyl (C=O) groups excluding carboxylic acids is 1. The molecule has 30 heavy (non-hydrogen) atoms. The third-order valence-corrected chi connectivity index (χ3v) is 6.53. The number of hydrogen-bond donors (Lipinski definition) is 2. The first-order valence-corrected chi connectivity index (χ1v) is 11.1. The highest BCUT2D eigenvalue weighted by Gasteiger charge is 2.39. The van der Waals surface area contributed by atoms with Crippen LogP contribution in [0.15, 0.2) is 11.6 Å². The van der Waals surface area contributed by atoms with Gasteiger partial charge in [-0.15, -0.1) is 11.6 Å². The minimum absolute atomic E-state index is 0. The number of halogens is 1. The first kappa shape index (κ1) is 31.4. The van der Waals surface area contributed by atoms with Crippen LogP contribution in [0.2, 0.25) is 0 Å². The number of rotatable bonds is 6. The molecule has 1 aliphatic carbocycles. The highest BCUT2D eigenvalue weighted by atomic mass is 35.5. The van der Waals surface area contributed by atoms with E-state index in [0.717, 1.165) is 38.9 Å². The summed E-state index contributed by atoms with van der Waals surface area (Å²) in [6.07, 6.45) is 6.92. The van der Waals surface area contributed by atoms with Gasteiger partial charge in [-0.25, -0.2) is 4.79 Å². The number of hydrogen-bond acceptors (Lipinski definition) is 2. The molecule has 2 rings (SSSR count). The molecule has 1 heterocycles. The van der Waals surface area contributed by atoms with E-state index in [-0.39, 0.29) is 41.9 Å². The minimum atomic E-state index is -0.0548. The maximum atomic E-state index is 12.2. The zero-order chi connectivity index (χ0) is 20.2. The van der Waals surface area contributed by atoms with Crippen LogP contribution in [0.1, 0.15) is 74.7 Å². The Kier molecular flexibility index (Phi) is 14.2. The molecule has 2 amide bonds. The minimum Gasteiger partial charge on any atom is -0.412 e. The standard InChI is InChI=1S/C22H40ClN3O.CH4.2H2O/c1-15(2)20(25-21(27)24-16(3)4)13-26-12-11-19(22(5,6)14-26)17-7-9-18(23)10-8-17;;;/h7,15-16,18-20H,8-14H2,1-6H3,(H2,24,25,27);1H4;2*1H2/t18?,19?,20-;;;/m0.../s1. The van der Waals surface area contributed by atoms with Crippen molar-refractivity contribution >= 4 is 17.6 Å². The second kappa shape index (κ2) is 13.6. The van der Waals surface area contributed by atoms with Crippen LogP contribution in [0.5, 0.6) is 0 Å². The molecule has 0 bridgehead atoms. The summed E-state index contributed by atoms with van der Waals surface area (Å²) in [5.41, 5.74) is 1.89. The number of urea groups is 1. The van der Waals surface area contributed by atoms with Gasteiger partial charge in [-0.05, 0) is 63.3 Å². The van der Waals surface area contributed by atoms with E-state index in [0.29, 0.717) is 17.2 Å². The van der Waals surface area contributed by atoms with Gasteiger partial charge in [-0.2, -0.15) is 0 Å². The summed E-state index contributed by atoms with van der Waals surface area (Å²) < 4.78 is 0. The Bertz CT molecular complexity index is 538. The maximum Gasteiger partial charge on any atom is 0.315 e. The van der Waals surface area contributed by atoms with Gasteiger partial charge in [0.05, 0.1) is 0 Å². The van der Waals surface area contributed by atoms with Crippen molar-refractivity contribution in [3.63, 3.8) is 0 Å². The summed E-state index contributed by atoms with van der Waals surface area (Å²) in [4.78, 5) is 14.7. The van der Waals surface area contributed by atoms with Crippen molar-refractivity contribution in [2.24, 2.45) is 17.3 Å². The SMILES string of the molecule is C.CC(C)NC(=O)N[C@@H](CN1CCC(C2=CCC(Cl)CC2)C(C)(C)C1)C(C)C.O.O. The lowest BCUT2D eigenvalue weighted by Gasteiger charge is -2.47. The van der Waals surface area contributed by atoms with Gasteiger partial charge in [-0.3, -0.25) is 0 Å². The number of piperidine rings is 1. The molecule has 0 aromatic rings. The number of alkyl halides is 1. The van der Waals surface area contributed by atoms with Crippen molar-refractivity contribution in [1.29, 1.82) is 0 Å². The zero-order valence-electron chi connectivity index (χ0n) is 19.1. The van der Waals surface area contributed by atoms with Crippen LogP contribution in [0, 0.1) is 17.3 Å². The molecular formula is C23H48ClN3O3. The number of likely N-dealkylation sites (tertiary alicyclic amines) is 1. The quantitative estimate of drug-likeness (QED) is 0.475.